The van der Waals surface area contributed by atoms with Crippen LogP contribution in [-0.4, -0.2) is 66.4 Å². The van der Waals surface area contributed by atoms with E-state index in [0.29, 0.717) is 23.7 Å². The molecular formula is C18H23N3O6. The maximum absolute atomic E-state index is 12.0. The molecule has 9 nitrogen and oxygen atoms in total. The smallest absolute Gasteiger partial charge is 0.334 e. The monoisotopic (exact) mass is 377 g/mol. The first-order chi connectivity index (χ1) is 13.0. The van der Waals surface area contributed by atoms with Gasteiger partial charge in [-0.25, -0.2) is 9.69 Å². The van der Waals surface area contributed by atoms with E-state index in [2.05, 4.69) is 5.32 Å². The predicted molar refractivity (Wildman–Crippen MR) is 95.2 cm³/mol. The summed E-state index contributed by atoms with van der Waals surface area (Å²) in [5.41, 5.74) is 0. The number of ether oxygens (including phenoxy) is 2. The van der Waals surface area contributed by atoms with E-state index in [4.69, 9.17) is 9.47 Å². The number of nitrogens with zero attached hydrogens (tertiary/aromatic N) is 2. The molecule has 1 aliphatic rings. The predicted octanol–water partition coefficient (Wildman–Crippen LogP) is 0.781. The van der Waals surface area contributed by atoms with Crippen molar-refractivity contribution in [3.63, 3.8) is 0 Å². The SMILES string of the molecule is CCCN1C(=O)C(=O)N(CC(=O)NCCOc2ccc(OCC)cc2)C1=O. The largest absolute Gasteiger partial charge is 0.494 e. The van der Waals surface area contributed by atoms with Gasteiger partial charge in [-0.2, -0.15) is 0 Å². The van der Waals surface area contributed by atoms with E-state index in [9.17, 15) is 19.2 Å². The Labute approximate surface area is 157 Å². The summed E-state index contributed by atoms with van der Waals surface area (Å²) in [4.78, 5) is 49.0. The van der Waals surface area contributed by atoms with Gasteiger partial charge in [0.25, 0.3) is 0 Å². The van der Waals surface area contributed by atoms with E-state index in [0.717, 1.165) is 10.6 Å². The van der Waals surface area contributed by atoms with Gasteiger partial charge < -0.3 is 14.8 Å². The standard InChI is InChI=1S/C18H23N3O6/c1-3-10-20-16(23)17(24)21(18(20)25)12-15(22)19-9-11-27-14-7-5-13(6-8-14)26-4-2/h5-8H,3-4,9-12H2,1-2H3,(H,19,22). The highest BCUT2D eigenvalue weighted by Crippen LogP contribution is 2.17. The molecule has 1 aliphatic heterocycles. The maximum atomic E-state index is 12.0. The highest BCUT2D eigenvalue weighted by molar-refractivity contribution is 6.45. The van der Waals surface area contributed by atoms with Crippen LogP contribution in [0.15, 0.2) is 24.3 Å². The van der Waals surface area contributed by atoms with Crippen LogP contribution in [0.5, 0.6) is 11.5 Å². The first-order valence-electron chi connectivity index (χ1n) is 8.77. The Hall–Kier alpha value is -3.10. The zero-order chi connectivity index (χ0) is 19.8. The zero-order valence-corrected chi connectivity index (χ0v) is 15.4. The van der Waals surface area contributed by atoms with E-state index >= 15 is 0 Å². The summed E-state index contributed by atoms with van der Waals surface area (Å²) < 4.78 is 10.8. The van der Waals surface area contributed by atoms with Gasteiger partial charge in [-0.3, -0.25) is 19.3 Å². The maximum Gasteiger partial charge on any atom is 0.334 e. The molecule has 5 amide bonds. The van der Waals surface area contributed by atoms with Gasteiger partial charge in [0.2, 0.25) is 5.91 Å². The third-order valence-corrected chi connectivity index (χ3v) is 3.71. The van der Waals surface area contributed by atoms with Gasteiger partial charge in [0.1, 0.15) is 24.7 Å². The van der Waals surface area contributed by atoms with E-state index in [1.165, 1.54) is 0 Å². The van der Waals surface area contributed by atoms with Crippen molar-refractivity contribution in [1.82, 2.24) is 15.1 Å². The Bertz CT molecular complexity index is 704. The summed E-state index contributed by atoms with van der Waals surface area (Å²) in [6, 6.07) is 6.31. The summed E-state index contributed by atoms with van der Waals surface area (Å²) in [7, 11) is 0. The average molecular weight is 377 g/mol. The van der Waals surface area contributed by atoms with Crippen molar-refractivity contribution in [3.05, 3.63) is 24.3 Å². The fourth-order valence-electron chi connectivity index (χ4n) is 2.47. The molecule has 1 aromatic carbocycles. The molecule has 0 atom stereocenters. The number of carbonyl (C=O) groups excluding carboxylic acids is 4. The minimum absolute atomic E-state index is 0.150. The first kappa shape index (κ1) is 20.2. The molecular weight excluding hydrogens is 354 g/mol. The number of imide groups is 2. The summed E-state index contributed by atoms with van der Waals surface area (Å²) in [5.74, 6) is -1.05. The van der Waals surface area contributed by atoms with Crippen molar-refractivity contribution in [2.24, 2.45) is 0 Å². The molecule has 1 saturated heterocycles. The number of benzene rings is 1. The Kier molecular flexibility index (Phi) is 7.16. The normalized spacial score (nSPS) is 13.9. The second kappa shape index (κ2) is 9.56. The number of hydrogen-bond donors (Lipinski definition) is 1. The lowest BCUT2D eigenvalue weighted by molar-refractivity contribution is -0.144. The quantitative estimate of drug-likeness (QED) is 0.367. The Balaban J connectivity index is 1.74. The summed E-state index contributed by atoms with van der Waals surface area (Å²) in [5, 5.41) is 2.55. The number of carbonyl (C=O) groups is 4. The topological polar surface area (TPSA) is 105 Å². The van der Waals surface area contributed by atoms with Crippen molar-refractivity contribution in [2.75, 3.05) is 32.8 Å². The summed E-state index contributed by atoms with van der Waals surface area (Å²) in [6.07, 6.45) is 0.535. The minimum atomic E-state index is -0.978. The number of amides is 5. The van der Waals surface area contributed by atoms with Crippen LogP contribution in [0.2, 0.25) is 0 Å². The molecule has 27 heavy (non-hydrogen) atoms. The van der Waals surface area contributed by atoms with Gasteiger partial charge in [-0.15, -0.1) is 0 Å². The van der Waals surface area contributed by atoms with Crippen LogP contribution in [0.4, 0.5) is 4.79 Å². The molecule has 146 valence electrons. The molecule has 1 fully saturated rings. The highest BCUT2D eigenvalue weighted by Gasteiger charge is 2.44. The van der Waals surface area contributed by atoms with Crippen molar-refractivity contribution < 1.29 is 28.7 Å². The van der Waals surface area contributed by atoms with Crippen LogP contribution >= 0.6 is 0 Å². The lowest BCUT2D eigenvalue weighted by atomic mass is 10.3. The van der Waals surface area contributed by atoms with Gasteiger partial charge >= 0.3 is 17.8 Å². The molecule has 1 aromatic rings. The fourth-order valence-corrected chi connectivity index (χ4v) is 2.47. The van der Waals surface area contributed by atoms with Crippen molar-refractivity contribution >= 4 is 23.8 Å². The van der Waals surface area contributed by atoms with Gasteiger partial charge in [0, 0.05) is 6.54 Å². The van der Waals surface area contributed by atoms with Crippen LogP contribution in [-0.2, 0) is 14.4 Å². The number of urea groups is 1. The van der Waals surface area contributed by atoms with Crippen molar-refractivity contribution in [2.45, 2.75) is 20.3 Å². The third kappa shape index (κ3) is 5.19. The number of hydrogen-bond acceptors (Lipinski definition) is 6. The second-order valence-corrected chi connectivity index (χ2v) is 5.73. The average Bonchev–Trinajstić information content (AvgIpc) is 2.85. The minimum Gasteiger partial charge on any atom is -0.494 e. The van der Waals surface area contributed by atoms with Gasteiger partial charge in [-0.05, 0) is 37.6 Å². The van der Waals surface area contributed by atoms with Crippen molar-refractivity contribution in [1.29, 1.82) is 0 Å². The molecule has 0 aliphatic carbocycles. The Morgan fingerprint density at radius 3 is 2.15 bits per heavy atom. The molecule has 0 bridgehead atoms. The van der Waals surface area contributed by atoms with Crippen LogP contribution < -0.4 is 14.8 Å². The van der Waals surface area contributed by atoms with E-state index in [1.54, 1.807) is 31.2 Å². The summed E-state index contributed by atoms with van der Waals surface area (Å²) >= 11 is 0. The lowest BCUT2D eigenvalue weighted by Crippen LogP contribution is -2.42. The van der Waals surface area contributed by atoms with Gasteiger partial charge in [-0.1, -0.05) is 6.92 Å². The van der Waals surface area contributed by atoms with Crippen LogP contribution in [0.25, 0.3) is 0 Å². The van der Waals surface area contributed by atoms with Gasteiger partial charge in [0.15, 0.2) is 0 Å². The Morgan fingerprint density at radius 1 is 0.963 bits per heavy atom. The molecule has 2 rings (SSSR count). The molecule has 0 saturated carbocycles. The van der Waals surface area contributed by atoms with E-state index < -0.39 is 30.3 Å². The van der Waals surface area contributed by atoms with Crippen LogP contribution in [0, 0.1) is 0 Å². The molecule has 0 spiro atoms. The third-order valence-electron chi connectivity index (χ3n) is 3.71. The Morgan fingerprint density at radius 2 is 1.56 bits per heavy atom. The van der Waals surface area contributed by atoms with E-state index in [-0.39, 0.29) is 19.7 Å². The van der Waals surface area contributed by atoms with E-state index in [1.807, 2.05) is 6.92 Å². The molecule has 9 heteroatoms. The zero-order valence-electron chi connectivity index (χ0n) is 15.4. The molecule has 1 heterocycles. The molecule has 0 radical (unpaired) electrons. The number of rotatable bonds is 10. The molecule has 0 aromatic heterocycles. The van der Waals surface area contributed by atoms with Crippen LogP contribution in [0.1, 0.15) is 20.3 Å². The summed E-state index contributed by atoms with van der Waals surface area (Å²) in [6.45, 7) is 4.32. The highest BCUT2D eigenvalue weighted by atomic mass is 16.5. The second-order valence-electron chi connectivity index (χ2n) is 5.73. The fraction of sp³-hybridized carbons (Fsp3) is 0.444. The first-order valence-corrected chi connectivity index (χ1v) is 8.77. The molecule has 0 unspecified atom stereocenters. The van der Waals surface area contributed by atoms with Crippen LogP contribution in [0.3, 0.4) is 0 Å². The molecule has 1 N–H and O–H groups in total. The lowest BCUT2D eigenvalue weighted by Gasteiger charge is -2.14. The van der Waals surface area contributed by atoms with Gasteiger partial charge in [0.05, 0.1) is 13.2 Å². The number of nitrogens with one attached hydrogen (secondary N) is 1. The van der Waals surface area contributed by atoms with Crippen molar-refractivity contribution in [3.8, 4) is 11.5 Å².